The van der Waals surface area contributed by atoms with Crippen molar-refractivity contribution < 1.29 is 9.53 Å². The molecule has 0 atom stereocenters. The van der Waals surface area contributed by atoms with Crippen LogP contribution in [0.15, 0.2) is 0 Å². The highest BCUT2D eigenvalue weighted by Gasteiger charge is 2.16. The third kappa shape index (κ3) is 6.86. The molecule has 0 aliphatic rings. The van der Waals surface area contributed by atoms with Crippen molar-refractivity contribution in [2.45, 2.75) is 45.8 Å². The van der Waals surface area contributed by atoms with Crippen LogP contribution in [0.1, 0.15) is 34.1 Å². The number of nitrogens with two attached hydrogens (primary N) is 1. The molecule has 0 heterocycles. The Morgan fingerprint density at radius 3 is 2.50 bits per heavy atom. The van der Waals surface area contributed by atoms with Gasteiger partial charge in [0.1, 0.15) is 0 Å². The zero-order chi connectivity index (χ0) is 11.2. The normalized spacial score (nSPS) is 11.9. The molecular formula is C10H22N2O2. The summed E-state index contributed by atoms with van der Waals surface area (Å²) < 4.78 is 5.45. The predicted molar refractivity (Wildman–Crippen MR) is 57.0 cm³/mol. The van der Waals surface area contributed by atoms with Crippen molar-refractivity contribution in [1.29, 1.82) is 0 Å². The van der Waals surface area contributed by atoms with Crippen LogP contribution in [-0.4, -0.2) is 30.7 Å². The van der Waals surface area contributed by atoms with Crippen LogP contribution in [0.5, 0.6) is 0 Å². The van der Waals surface area contributed by atoms with E-state index in [1.54, 1.807) is 0 Å². The topological polar surface area (TPSA) is 64.3 Å². The molecule has 0 aliphatic carbocycles. The summed E-state index contributed by atoms with van der Waals surface area (Å²) in [7, 11) is 0. The fourth-order valence-electron chi connectivity index (χ4n) is 0.873. The summed E-state index contributed by atoms with van der Waals surface area (Å²) in [6, 6.07) is 0.185. The molecule has 0 rings (SSSR count). The number of carbonyl (C=O) groups excluding carboxylic acids is 1. The van der Waals surface area contributed by atoms with Gasteiger partial charge in [-0.2, -0.15) is 0 Å². The van der Waals surface area contributed by atoms with Crippen LogP contribution >= 0.6 is 0 Å². The van der Waals surface area contributed by atoms with Crippen molar-refractivity contribution in [3.8, 4) is 0 Å². The molecule has 14 heavy (non-hydrogen) atoms. The fraction of sp³-hybridized carbons (Fsp3) is 0.900. The minimum Gasteiger partial charge on any atom is -0.374 e. The van der Waals surface area contributed by atoms with E-state index in [4.69, 9.17) is 10.5 Å². The van der Waals surface area contributed by atoms with Gasteiger partial charge in [-0.15, -0.1) is 0 Å². The first-order valence-corrected chi connectivity index (χ1v) is 5.01. The summed E-state index contributed by atoms with van der Waals surface area (Å²) in [4.78, 5) is 11.2. The first-order chi connectivity index (χ1) is 6.37. The lowest BCUT2D eigenvalue weighted by Gasteiger charge is -2.23. The van der Waals surface area contributed by atoms with Crippen LogP contribution in [0, 0.1) is 0 Å². The SMILES string of the molecule is CC(C)NC(=O)CCOC(C)(C)CN. The summed E-state index contributed by atoms with van der Waals surface area (Å²) >= 11 is 0. The number of hydrogen-bond acceptors (Lipinski definition) is 3. The Morgan fingerprint density at radius 1 is 1.50 bits per heavy atom. The number of hydrogen-bond donors (Lipinski definition) is 2. The molecule has 0 radical (unpaired) electrons. The Labute approximate surface area is 86.2 Å². The van der Waals surface area contributed by atoms with E-state index in [9.17, 15) is 4.79 Å². The van der Waals surface area contributed by atoms with Crippen molar-refractivity contribution in [3.05, 3.63) is 0 Å². The molecule has 0 spiro atoms. The lowest BCUT2D eigenvalue weighted by atomic mass is 10.1. The van der Waals surface area contributed by atoms with Gasteiger partial charge in [0, 0.05) is 19.0 Å². The first kappa shape index (κ1) is 13.4. The lowest BCUT2D eigenvalue weighted by Crippen LogP contribution is -2.36. The molecule has 0 unspecified atom stereocenters. The van der Waals surface area contributed by atoms with Gasteiger partial charge in [0.15, 0.2) is 0 Å². The van der Waals surface area contributed by atoms with Gasteiger partial charge in [0.2, 0.25) is 5.91 Å². The van der Waals surface area contributed by atoms with Crippen molar-refractivity contribution in [2.75, 3.05) is 13.2 Å². The minimum absolute atomic E-state index is 0.0211. The van der Waals surface area contributed by atoms with E-state index in [2.05, 4.69) is 5.32 Å². The molecule has 0 aromatic rings. The molecule has 0 aromatic heterocycles. The quantitative estimate of drug-likeness (QED) is 0.665. The van der Waals surface area contributed by atoms with Gasteiger partial charge in [-0.1, -0.05) is 0 Å². The Kier molecular flexibility index (Phi) is 5.72. The minimum atomic E-state index is -0.335. The number of amides is 1. The molecule has 1 amide bonds. The molecule has 0 saturated carbocycles. The van der Waals surface area contributed by atoms with Gasteiger partial charge in [0.05, 0.1) is 12.2 Å². The average molecular weight is 202 g/mol. The number of ether oxygens (including phenoxy) is 1. The molecule has 0 aromatic carbocycles. The van der Waals surface area contributed by atoms with Gasteiger partial charge in [0.25, 0.3) is 0 Å². The summed E-state index contributed by atoms with van der Waals surface area (Å²) in [5, 5.41) is 2.80. The zero-order valence-corrected chi connectivity index (χ0v) is 9.59. The second kappa shape index (κ2) is 5.98. The predicted octanol–water partition coefficient (Wildman–Crippen LogP) is 0.655. The van der Waals surface area contributed by atoms with E-state index >= 15 is 0 Å². The van der Waals surface area contributed by atoms with Gasteiger partial charge < -0.3 is 15.8 Å². The van der Waals surface area contributed by atoms with E-state index in [0.717, 1.165) is 0 Å². The summed E-state index contributed by atoms with van der Waals surface area (Å²) in [5.41, 5.74) is 5.14. The standard InChI is InChI=1S/C10H22N2O2/c1-8(2)12-9(13)5-6-14-10(3,4)7-11/h8H,5-7,11H2,1-4H3,(H,12,13). The monoisotopic (exact) mass is 202 g/mol. The van der Waals surface area contributed by atoms with Crippen LogP contribution < -0.4 is 11.1 Å². The van der Waals surface area contributed by atoms with Gasteiger partial charge >= 0.3 is 0 Å². The van der Waals surface area contributed by atoms with Gasteiger partial charge in [-0.3, -0.25) is 4.79 Å². The molecule has 4 nitrogen and oxygen atoms in total. The van der Waals surface area contributed by atoms with E-state index in [1.165, 1.54) is 0 Å². The van der Waals surface area contributed by atoms with E-state index in [0.29, 0.717) is 19.6 Å². The molecule has 0 fully saturated rings. The maximum atomic E-state index is 11.2. The van der Waals surface area contributed by atoms with Crippen molar-refractivity contribution in [1.82, 2.24) is 5.32 Å². The maximum absolute atomic E-state index is 11.2. The summed E-state index contributed by atoms with van der Waals surface area (Å²) in [6.07, 6.45) is 0.390. The molecule has 0 aliphatic heterocycles. The second-order valence-electron chi connectivity index (χ2n) is 4.28. The van der Waals surface area contributed by atoms with E-state index in [-0.39, 0.29) is 17.6 Å². The third-order valence-corrected chi connectivity index (χ3v) is 1.76. The molecular weight excluding hydrogens is 180 g/mol. The van der Waals surface area contributed by atoms with Crippen LogP contribution in [0.2, 0.25) is 0 Å². The maximum Gasteiger partial charge on any atom is 0.222 e. The summed E-state index contributed by atoms with van der Waals surface area (Å²) in [5.74, 6) is 0.0211. The highest BCUT2D eigenvalue weighted by Crippen LogP contribution is 2.06. The van der Waals surface area contributed by atoms with E-state index in [1.807, 2.05) is 27.7 Å². The molecule has 0 bridgehead atoms. The Balaban J connectivity index is 3.59. The fourth-order valence-corrected chi connectivity index (χ4v) is 0.873. The van der Waals surface area contributed by atoms with Gasteiger partial charge in [-0.25, -0.2) is 0 Å². The Hall–Kier alpha value is -0.610. The third-order valence-electron chi connectivity index (χ3n) is 1.76. The second-order valence-corrected chi connectivity index (χ2v) is 4.28. The molecule has 3 N–H and O–H groups in total. The summed E-state index contributed by atoms with van der Waals surface area (Å²) in [6.45, 7) is 8.56. The van der Waals surface area contributed by atoms with Crippen LogP contribution in [0.3, 0.4) is 0 Å². The first-order valence-electron chi connectivity index (χ1n) is 5.01. The Bertz CT molecular complexity index is 179. The van der Waals surface area contributed by atoms with Crippen molar-refractivity contribution in [2.24, 2.45) is 5.73 Å². The van der Waals surface area contributed by atoms with Gasteiger partial charge in [-0.05, 0) is 27.7 Å². The van der Waals surface area contributed by atoms with Crippen LogP contribution in [-0.2, 0) is 9.53 Å². The van der Waals surface area contributed by atoms with Crippen molar-refractivity contribution >= 4 is 5.91 Å². The molecule has 4 heteroatoms. The van der Waals surface area contributed by atoms with Crippen LogP contribution in [0.4, 0.5) is 0 Å². The Morgan fingerprint density at radius 2 is 2.07 bits per heavy atom. The molecule has 0 saturated heterocycles. The van der Waals surface area contributed by atoms with Crippen molar-refractivity contribution in [3.63, 3.8) is 0 Å². The number of nitrogens with one attached hydrogen (secondary N) is 1. The largest absolute Gasteiger partial charge is 0.374 e. The zero-order valence-electron chi connectivity index (χ0n) is 9.59. The number of carbonyl (C=O) groups is 1. The highest BCUT2D eigenvalue weighted by molar-refractivity contribution is 5.76. The highest BCUT2D eigenvalue weighted by atomic mass is 16.5. The lowest BCUT2D eigenvalue weighted by molar-refractivity contribution is -0.123. The average Bonchev–Trinajstić information content (AvgIpc) is 2.02. The van der Waals surface area contributed by atoms with Crippen LogP contribution in [0.25, 0.3) is 0 Å². The van der Waals surface area contributed by atoms with E-state index < -0.39 is 0 Å². The molecule has 84 valence electrons. The smallest absolute Gasteiger partial charge is 0.222 e. The number of rotatable bonds is 6.